The first kappa shape index (κ1) is 24.9. The summed E-state index contributed by atoms with van der Waals surface area (Å²) in [6.45, 7) is 6.72. The second kappa shape index (κ2) is 11.5. The number of ether oxygens (including phenoxy) is 2. The molecular formula is C27H31FN2O5. The molecule has 0 aliphatic carbocycles. The van der Waals surface area contributed by atoms with Gasteiger partial charge in [-0.2, -0.15) is 0 Å². The SMILES string of the molecule is CCCOc1ccc(C(O)=C2C(=O)C(=O)N(CCCN3CCOCC3)[C@@H]2c2ccc(F)cc2)cc1. The first-order chi connectivity index (χ1) is 17.0. The Bertz CT molecular complexity index is 1060. The molecule has 0 spiro atoms. The normalized spacial score (nSPS) is 20.4. The summed E-state index contributed by atoms with van der Waals surface area (Å²) in [7, 11) is 0. The summed E-state index contributed by atoms with van der Waals surface area (Å²) in [6, 6.07) is 11.7. The Morgan fingerprint density at radius 2 is 1.74 bits per heavy atom. The fourth-order valence-electron chi connectivity index (χ4n) is 4.48. The molecule has 0 aromatic heterocycles. The number of aliphatic hydroxyl groups excluding tert-OH is 1. The molecule has 0 unspecified atom stereocenters. The molecule has 2 aromatic rings. The summed E-state index contributed by atoms with van der Waals surface area (Å²) in [5, 5.41) is 11.2. The Labute approximate surface area is 204 Å². The largest absolute Gasteiger partial charge is 0.507 e. The maximum absolute atomic E-state index is 13.6. The van der Waals surface area contributed by atoms with Crippen molar-refractivity contribution in [3.8, 4) is 5.75 Å². The van der Waals surface area contributed by atoms with Crippen LogP contribution >= 0.6 is 0 Å². The number of nitrogens with zero attached hydrogens (tertiary/aromatic N) is 2. The Morgan fingerprint density at radius 1 is 1.06 bits per heavy atom. The highest BCUT2D eigenvalue weighted by Crippen LogP contribution is 2.39. The molecule has 186 valence electrons. The minimum Gasteiger partial charge on any atom is -0.507 e. The Kier molecular flexibility index (Phi) is 8.15. The van der Waals surface area contributed by atoms with Crippen molar-refractivity contribution in [3.63, 3.8) is 0 Å². The molecule has 0 radical (unpaired) electrons. The van der Waals surface area contributed by atoms with Gasteiger partial charge in [0.15, 0.2) is 0 Å². The lowest BCUT2D eigenvalue weighted by molar-refractivity contribution is -0.140. The van der Waals surface area contributed by atoms with Crippen molar-refractivity contribution in [2.75, 3.05) is 46.0 Å². The highest BCUT2D eigenvalue weighted by atomic mass is 19.1. The van der Waals surface area contributed by atoms with E-state index in [1.165, 1.54) is 17.0 Å². The molecule has 1 N–H and O–H groups in total. The minimum atomic E-state index is -0.795. The summed E-state index contributed by atoms with van der Waals surface area (Å²) >= 11 is 0. The zero-order valence-corrected chi connectivity index (χ0v) is 19.9. The topological polar surface area (TPSA) is 79.3 Å². The number of ketones is 1. The first-order valence-electron chi connectivity index (χ1n) is 12.1. The third kappa shape index (κ3) is 5.71. The summed E-state index contributed by atoms with van der Waals surface area (Å²) < 4.78 is 24.6. The van der Waals surface area contributed by atoms with Crippen LogP contribution in [0, 0.1) is 5.82 Å². The van der Waals surface area contributed by atoms with Gasteiger partial charge in [0.25, 0.3) is 11.7 Å². The van der Waals surface area contributed by atoms with Gasteiger partial charge in [0, 0.05) is 31.7 Å². The van der Waals surface area contributed by atoms with E-state index < -0.39 is 23.5 Å². The van der Waals surface area contributed by atoms with Crippen LogP contribution in [0.4, 0.5) is 4.39 Å². The van der Waals surface area contributed by atoms with Crippen molar-refractivity contribution >= 4 is 17.4 Å². The lowest BCUT2D eigenvalue weighted by Gasteiger charge is -2.29. The molecule has 0 bridgehead atoms. The van der Waals surface area contributed by atoms with Gasteiger partial charge in [-0.25, -0.2) is 4.39 Å². The molecule has 0 saturated carbocycles. The van der Waals surface area contributed by atoms with Crippen LogP contribution < -0.4 is 4.74 Å². The average Bonchev–Trinajstić information content (AvgIpc) is 3.13. The highest BCUT2D eigenvalue weighted by molar-refractivity contribution is 6.46. The summed E-state index contributed by atoms with van der Waals surface area (Å²) in [5.74, 6) is -1.42. The number of benzene rings is 2. The number of likely N-dealkylation sites (tertiary alicyclic amines) is 1. The van der Waals surface area contributed by atoms with E-state index in [1.54, 1.807) is 36.4 Å². The Morgan fingerprint density at radius 3 is 2.40 bits per heavy atom. The van der Waals surface area contributed by atoms with Gasteiger partial charge in [-0.3, -0.25) is 14.5 Å². The monoisotopic (exact) mass is 482 g/mol. The molecule has 2 aliphatic heterocycles. The number of halogens is 1. The molecule has 2 aromatic carbocycles. The number of carbonyl (C=O) groups is 2. The molecule has 1 amide bonds. The van der Waals surface area contributed by atoms with Crippen molar-refractivity contribution in [1.29, 1.82) is 0 Å². The number of hydrogen-bond donors (Lipinski definition) is 1. The van der Waals surface area contributed by atoms with Crippen molar-refractivity contribution < 1.29 is 28.6 Å². The van der Waals surface area contributed by atoms with Gasteiger partial charge in [-0.05, 0) is 54.8 Å². The van der Waals surface area contributed by atoms with Gasteiger partial charge >= 0.3 is 0 Å². The van der Waals surface area contributed by atoms with E-state index in [2.05, 4.69) is 4.90 Å². The number of aliphatic hydroxyl groups is 1. The van der Waals surface area contributed by atoms with E-state index in [0.717, 1.165) is 26.1 Å². The van der Waals surface area contributed by atoms with Crippen LogP contribution in [0.25, 0.3) is 5.76 Å². The zero-order chi connectivity index (χ0) is 24.8. The minimum absolute atomic E-state index is 0.00945. The molecule has 8 heteroatoms. The smallest absolute Gasteiger partial charge is 0.295 e. The average molecular weight is 483 g/mol. The quantitative estimate of drug-likeness (QED) is 0.333. The van der Waals surface area contributed by atoms with Crippen LogP contribution in [0.2, 0.25) is 0 Å². The fourth-order valence-corrected chi connectivity index (χ4v) is 4.48. The molecule has 1 atom stereocenters. The number of hydrogen-bond acceptors (Lipinski definition) is 6. The third-order valence-electron chi connectivity index (χ3n) is 6.30. The highest BCUT2D eigenvalue weighted by Gasteiger charge is 2.45. The van der Waals surface area contributed by atoms with E-state index in [-0.39, 0.29) is 11.3 Å². The van der Waals surface area contributed by atoms with Gasteiger partial charge in [-0.1, -0.05) is 19.1 Å². The van der Waals surface area contributed by atoms with Crippen molar-refractivity contribution in [1.82, 2.24) is 9.80 Å². The van der Waals surface area contributed by atoms with Crippen molar-refractivity contribution in [2.24, 2.45) is 0 Å². The molecule has 2 aliphatic rings. The second-order valence-corrected chi connectivity index (χ2v) is 8.72. The van der Waals surface area contributed by atoms with E-state index >= 15 is 0 Å². The predicted octanol–water partition coefficient (Wildman–Crippen LogP) is 3.76. The van der Waals surface area contributed by atoms with Crippen molar-refractivity contribution in [2.45, 2.75) is 25.8 Å². The maximum atomic E-state index is 13.6. The predicted molar refractivity (Wildman–Crippen MR) is 130 cm³/mol. The fraction of sp³-hybridized carbons (Fsp3) is 0.407. The number of Topliss-reactive ketones (excluding diaryl/α,β-unsaturated/α-hetero) is 1. The molecular weight excluding hydrogens is 451 g/mol. The second-order valence-electron chi connectivity index (χ2n) is 8.72. The summed E-state index contributed by atoms with van der Waals surface area (Å²) in [6.07, 6.45) is 1.53. The third-order valence-corrected chi connectivity index (χ3v) is 6.30. The van der Waals surface area contributed by atoms with Gasteiger partial charge in [0.1, 0.15) is 17.3 Å². The Hall–Kier alpha value is -3.23. The van der Waals surface area contributed by atoms with Crippen LogP contribution in [-0.2, 0) is 14.3 Å². The number of morpholine rings is 1. The van der Waals surface area contributed by atoms with Crippen LogP contribution in [0.15, 0.2) is 54.1 Å². The lowest BCUT2D eigenvalue weighted by atomic mass is 9.95. The van der Waals surface area contributed by atoms with E-state index in [4.69, 9.17) is 9.47 Å². The van der Waals surface area contributed by atoms with Crippen LogP contribution in [0.5, 0.6) is 5.75 Å². The lowest BCUT2D eigenvalue weighted by Crippen LogP contribution is -2.38. The Balaban J connectivity index is 1.63. The van der Waals surface area contributed by atoms with E-state index in [9.17, 15) is 19.1 Å². The molecule has 7 nitrogen and oxygen atoms in total. The maximum Gasteiger partial charge on any atom is 0.295 e. The summed E-state index contributed by atoms with van der Waals surface area (Å²) in [4.78, 5) is 29.9. The van der Waals surface area contributed by atoms with E-state index in [1.807, 2.05) is 6.92 Å². The number of rotatable bonds is 9. The molecule has 2 saturated heterocycles. The zero-order valence-electron chi connectivity index (χ0n) is 19.9. The van der Waals surface area contributed by atoms with Gasteiger partial charge in [0.05, 0.1) is 31.4 Å². The molecule has 35 heavy (non-hydrogen) atoms. The van der Waals surface area contributed by atoms with E-state index in [0.29, 0.717) is 49.7 Å². The number of amides is 1. The standard InChI is InChI=1S/C27H31FN2O5/c1-2-16-35-22-10-6-20(7-11-22)25(31)23-24(19-4-8-21(28)9-5-19)30(27(33)26(23)32)13-3-12-29-14-17-34-18-15-29/h4-11,24,31H,2-3,12-18H2,1H3/t24-/m1/s1. The van der Waals surface area contributed by atoms with Gasteiger partial charge < -0.3 is 19.5 Å². The van der Waals surface area contributed by atoms with Crippen LogP contribution in [-0.4, -0.2) is 72.6 Å². The first-order valence-corrected chi connectivity index (χ1v) is 12.1. The van der Waals surface area contributed by atoms with Gasteiger partial charge in [0.2, 0.25) is 0 Å². The van der Waals surface area contributed by atoms with Crippen molar-refractivity contribution in [3.05, 3.63) is 71.0 Å². The van der Waals surface area contributed by atoms with Crippen LogP contribution in [0.1, 0.15) is 36.9 Å². The molecule has 2 fully saturated rings. The summed E-state index contributed by atoms with van der Waals surface area (Å²) in [5.41, 5.74) is 0.990. The van der Waals surface area contributed by atoms with Gasteiger partial charge in [-0.15, -0.1) is 0 Å². The number of carbonyl (C=O) groups excluding carboxylic acids is 2. The molecule has 4 rings (SSSR count). The molecule has 2 heterocycles. The van der Waals surface area contributed by atoms with Crippen LogP contribution in [0.3, 0.4) is 0 Å².